The molecule has 1 saturated heterocycles. The first-order valence-corrected chi connectivity index (χ1v) is 5.87. The van der Waals surface area contributed by atoms with Crippen molar-refractivity contribution in [1.82, 2.24) is 10.6 Å². The van der Waals surface area contributed by atoms with E-state index in [4.69, 9.17) is 0 Å². The van der Waals surface area contributed by atoms with Crippen LogP contribution in [0.4, 0.5) is 0 Å². The second-order valence-electron chi connectivity index (χ2n) is 3.34. The molecule has 0 aromatic rings. The zero-order valence-corrected chi connectivity index (χ0v) is 8.97. The molecule has 3 heteroatoms. The summed E-state index contributed by atoms with van der Waals surface area (Å²) in [5, 5.41) is 6.92. The molecule has 0 aromatic heterocycles. The molecule has 1 fully saturated rings. The third-order valence-corrected chi connectivity index (χ3v) is 4.07. The molecule has 1 unspecified atom stereocenters. The molecule has 2 N–H and O–H groups in total. The zero-order chi connectivity index (χ0) is 8.86. The molecule has 1 aliphatic heterocycles. The summed E-state index contributed by atoms with van der Waals surface area (Å²) >= 11 is 2.13. The Hall–Kier alpha value is 0.270. The van der Waals surface area contributed by atoms with E-state index in [9.17, 15) is 0 Å². The van der Waals surface area contributed by atoms with Crippen LogP contribution in [0.5, 0.6) is 0 Å². The highest BCUT2D eigenvalue weighted by Crippen LogP contribution is 2.29. The Morgan fingerprint density at radius 2 is 2.33 bits per heavy atom. The van der Waals surface area contributed by atoms with Crippen molar-refractivity contribution < 1.29 is 0 Å². The Morgan fingerprint density at radius 3 is 2.83 bits per heavy atom. The van der Waals surface area contributed by atoms with Crippen LogP contribution in [0.25, 0.3) is 0 Å². The molecular formula is C9H20N2S. The Kier molecular flexibility index (Phi) is 4.40. The van der Waals surface area contributed by atoms with Crippen LogP contribution in [0.2, 0.25) is 0 Å². The molecule has 1 rings (SSSR count). The molecule has 1 atom stereocenters. The smallest absolute Gasteiger partial charge is 0.0406 e. The van der Waals surface area contributed by atoms with E-state index in [1.807, 2.05) is 0 Å². The van der Waals surface area contributed by atoms with Gasteiger partial charge in [0.05, 0.1) is 0 Å². The summed E-state index contributed by atoms with van der Waals surface area (Å²) in [4.78, 5) is 0. The average molecular weight is 188 g/mol. The number of rotatable bonds is 4. The van der Waals surface area contributed by atoms with Crippen LogP contribution < -0.4 is 10.6 Å². The molecular weight excluding hydrogens is 168 g/mol. The Morgan fingerprint density at radius 1 is 1.50 bits per heavy atom. The Labute approximate surface area is 79.9 Å². The van der Waals surface area contributed by atoms with Crippen LogP contribution in [-0.2, 0) is 0 Å². The fourth-order valence-corrected chi connectivity index (χ4v) is 2.82. The molecule has 0 aliphatic carbocycles. The van der Waals surface area contributed by atoms with Crippen LogP contribution in [0.1, 0.15) is 20.3 Å². The summed E-state index contributed by atoms with van der Waals surface area (Å²) in [7, 11) is 0. The van der Waals surface area contributed by atoms with Crippen molar-refractivity contribution in [1.29, 1.82) is 0 Å². The summed E-state index contributed by atoms with van der Waals surface area (Å²) < 4.78 is 0.467. The number of thioether (sulfide) groups is 1. The Bertz CT molecular complexity index is 122. The van der Waals surface area contributed by atoms with Gasteiger partial charge in [0.2, 0.25) is 0 Å². The molecule has 2 nitrogen and oxygen atoms in total. The zero-order valence-electron chi connectivity index (χ0n) is 8.15. The second-order valence-corrected chi connectivity index (χ2v) is 4.91. The highest BCUT2D eigenvalue weighted by Gasteiger charge is 2.29. The van der Waals surface area contributed by atoms with Crippen LogP contribution in [0, 0.1) is 0 Å². The molecule has 0 aromatic carbocycles. The minimum absolute atomic E-state index is 0.467. The summed E-state index contributed by atoms with van der Waals surface area (Å²) in [6.45, 7) is 9.04. The topological polar surface area (TPSA) is 24.1 Å². The quantitative estimate of drug-likeness (QED) is 0.690. The van der Waals surface area contributed by atoms with Crippen LogP contribution in [-0.4, -0.2) is 36.7 Å². The lowest BCUT2D eigenvalue weighted by molar-refractivity contribution is 0.471. The maximum atomic E-state index is 3.47. The molecule has 0 amide bonds. The van der Waals surface area contributed by atoms with Gasteiger partial charge in [-0.1, -0.05) is 13.8 Å². The number of nitrogens with one attached hydrogen (secondary N) is 2. The number of hydrogen-bond acceptors (Lipinski definition) is 3. The third-order valence-electron chi connectivity index (χ3n) is 2.48. The predicted molar refractivity (Wildman–Crippen MR) is 56.9 cm³/mol. The second kappa shape index (κ2) is 5.10. The van der Waals surface area contributed by atoms with Crippen LogP contribution in [0.3, 0.4) is 0 Å². The maximum Gasteiger partial charge on any atom is 0.0406 e. The molecule has 1 aliphatic rings. The average Bonchev–Trinajstić information content (AvgIpc) is 2.16. The standard InChI is InChI=1S/C9H20N2S/c1-3-9(7-10-4-2)8-11-5-6-12-9/h10-11H,3-8H2,1-2H3. The van der Waals surface area contributed by atoms with E-state index in [1.54, 1.807) is 0 Å². The van der Waals surface area contributed by atoms with E-state index in [-0.39, 0.29) is 0 Å². The predicted octanol–water partition coefficient (Wildman–Crippen LogP) is 1.08. The van der Waals surface area contributed by atoms with Crippen molar-refractivity contribution in [2.45, 2.75) is 25.0 Å². The highest BCUT2D eigenvalue weighted by molar-refractivity contribution is 8.00. The number of hydrogen-bond donors (Lipinski definition) is 2. The summed E-state index contributed by atoms with van der Waals surface area (Å²) in [5.41, 5.74) is 0. The van der Waals surface area contributed by atoms with Gasteiger partial charge in [0.25, 0.3) is 0 Å². The lowest BCUT2D eigenvalue weighted by atomic mass is 10.1. The van der Waals surface area contributed by atoms with E-state index in [1.165, 1.54) is 25.3 Å². The summed E-state index contributed by atoms with van der Waals surface area (Å²) in [6, 6.07) is 0. The molecule has 0 spiro atoms. The van der Waals surface area contributed by atoms with E-state index < -0.39 is 0 Å². The molecule has 1 heterocycles. The van der Waals surface area contributed by atoms with Crippen molar-refractivity contribution in [3.63, 3.8) is 0 Å². The van der Waals surface area contributed by atoms with Gasteiger partial charge in [-0.05, 0) is 13.0 Å². The normalized spacial score (nSPS) is 30.5. The first-order chi connectivity index (χ1) is 5.83. The van der Waals surface area contributed by atoms with E-state index in [2.05, 4.69) is 36.2 Å². The first-order valence-electron chi connectivity index (χ1n) is 4.88. The van der Waals surface area contributed by atoms with E-state index in [0.29, 0.717) is 4.75 Å². The Balaban J connectivity index is 2.37. The van der Waals surface area contributed by atoms with Gasteiger partial charge >= 0.3 is 0 Å². The van der Waals surface area contributed by atoms with Gasteiger partial charge in [-0.25, -0.2) is 0 Å². The minimum atomic E-state index is 0.467. The maximum absolute atomic E-state index is 3.47. The molecule has 12 heavy (non-hydrogen) atoms. The van der Waals surface area contributed by atoms with Gasteiger partial charge in [0, 0.05) is 30.1 Å². The molecule has 72 valence electrons. The van der Waals surface area contributed by atoms with Gasteiger partial charge in [-0.15, -0.1) is 0 Å². The summed E-state index contributed by atoms with van der Waals surface area (Å²) in [6.07, 6.45) is 1.26. The monoisotopic (exact) mass is 188 g/mol. The van der Waals surface area contributed by atoms with Gasteiger partial charge in [-0.3, -0.25) is 0 Å². The lowest BCUT2D eigenvalue weighted by Crippen LogP contribution is -2.49. The van der Waals surface area contributed by atoms with Crippen LogP contribution >= 0.6 is 11.8 Å². The largest absolute Gasteiger partial charge is 0.316 e. The van der Waals surface area contributed by atoms with Crippen molar-refractivity contribution in [3.8, 4) is 0 Å². The van der Waals surface area contributed by atoms with E-state index >= 15 is 0 Å². The fourth-order valence-electron chi connectivity index (χ4n) is 1.53. The molecule has 0 bridgehead atoms. The lowest BCUT2D eigenvalue weighted by Gasteiger charge is -2.36. The third kappa shape index (κ3) is 2.64. The van der Waals surface area contributed by atoms with Gasteiger partial charge < -0.3 is 10.6 Å². The summed E-state index contributed by atoms with van der Waals surface area (Å²) in [5.74, 6) is 1.26. The van der Waals surface area contributed by atoms with Crippen molar-refractivity contribution in [2.24, 2.45) is 0 Å². The van der Waals surface area contributed by atoms with Crippen LogP contribution in [0.15, 0.2) is 0 Å². The van der Waals surface area contributed by atoms with Gasteiger partial charge in [0.15, 0.2) is 0 Å². The van der Waals surface area contributed by atoms with Crippen molar-refractivity contribution >= 4 is 11.8 Å². The van der Waals surface area contributed by atoms with Gasteiger partial charge in [0.1, 0.15) is 0 Å². The fraction of sp³-hybridized carbons (Fsp3) is 1.00. The van der Waals surface area contributed by atoms with Gasteiger partial charge in [-0.2, -0.15) is 11.8 Å². The highest BCUT2D eigenvalue weighted by atomic mass is 32.2. The molecule has 0 saturated carbocycles. The molecule has 0 radical (unpaired) electrons. The minimum Gasteiger partial charge on any atom is -0.316 e. The van der Waals surface area contributed by atoms with Crippen molar-refractivity contribution in [3.05, 3.63) is 0 Å². The van der Waals surface area contributed by atoms with Crippen molar-refractivity contribution in [2.75, 3.05) is 31.9 Å². The first kappa shape index (κ1) is 10.4. The van der Waals surface area contributed by atoms with E-state index in [0.717, 1.165) is 13.1 Å². The SMILES string of the molecule is CCNCC1(CC)CNCCS1.